The molecular formula is C18H28N4OS. The van der Waals surface area contributed by atoms with Crippen LogP contribution in [-0.4, -0.2) is 24.7 Å². The SMILES string of the molecule is CCC(CC)c1cc(CNC(=NC)NCC(C)c2ccsc2)on1. The molecule has 1 atom stereocenters. The van der Waals surface area contributed by atoms with Crippen molar-refractivity contribution in [1.82, 2.24) is 15.8 Å². The highest BCUT2D eigenvalue weighted by Crippen LogP contribution is 2.22. The molecule has 6 heteroatoms. The van der Waals surface area contributed by atoms with Crippen LogP contribution in [-0.2, 0) is 6.54 Å². The van der Waals surface area contributed by atoms with Crippen molar-refractivity contribution in [3.8, 4) is 0 Å². The Hall–Kier alpha value is -1.82. The van der Waals surface area contributed by atoms with Crippen LogP contribution in [0.25, 0.3) is 0 Å². The van der Waals surface area contributed by atoms with E-state index in [0.29, 0.717) is 18.4 Å². The number of aliphatic imine (C=N–C) groups is 1. The van der Waals surface area contributed by atoms with Gasteiger partial charge in [-0.2, -0.15) is 11.3 Å². The molecule has 0 aliphatic heterocycles. The Morgan fingerprint density at radius 3 is 2.75 bits per heavy atom. The molecule has 24 heavy (non-hydrogen) atoms. The molecule has 0 aliphatic rings. The van der Waals surface area contributed by atoms with Gasteiger partial charge in [-0.3, -0.25) is 4.99 Å². The summed E-state index contributed by atoms with van der Waals surface area (Å²) in [5.74, 6) is 2.54. The second-order valence-electron chi connectivity index (χ2n) is 6.00. The summed E-state index contributed by atoms with van der Waals surface area (Å²) in [7, 11) is 1.78. The molecule has 0 saturated carbocycles. The zero-order valence-electron chi connectivity index (χ0n) is 15.0. The van der Waals surface area contributed by atoms with Gasteiger partial charge in [-0.05, 0) is 41.1 Å². The van der Waals surface area contributed by atoms with Crippen LogP contribution in [0, 0.1) is 0 Å². The lowest BCUT2D eigenvalue weighted by Crippen LogP contribution is -2.38. The van der Waals surface area contributed by atoms with Crippen LogP contribution >= 0.6 is 11.3 Å². The van der Waals surface area contributed by atoms with E-state index in [-0.39, 0.29) is 0 Å². The minimum Gasteiger partial charge on any atom is -0.359 e. The summed E-state index contributed by atoms with van der Waals surface area (Å²) in [4.78, 5) is 4.27. The van der Waals surface area contributed by atoms with Gasteiger partial charge < -0.3 is 15.2 Å². The van der Waals surface area contributed by atoms with Gasteiger partial charge >= 0.3 is 0 Å². The van der Waals surface area contributed by atoms with E-state index < -0.39 is 0 Å². The maximum absolute atomic E-state index is 5.43. The summed E-state index contributed by atoms with van der Waals surface area (Å²) in [6, 6.07) is 4.22. The topological polar surface area (TPSA) is 62.5 Å². The molecule has 0 saturated heterocycles. The summed E-state index contributed by atoms with van der Waals surface area (Å²) in [5.41, 5.74) is 2.40. The molecule has 5 nitrogen and oxygen atoms in total. The van der Waals surface area contributed by atoms with Crippen molar-refractivity contribution in [2.45, 2.75) is 52.0 Å². The third-order valence-electron chi connectivity index (χ3n) is 4.32. The number of hydrogen-bond acceptors (Lipinski definition) is 4. The summed E-state index contributed by atoms with van der Waals surface area (Å²) in [6.45, 7) is 7.99. The minimum absolute atomic E-state index is 0.446. The Morgan fingerprint density at radius 2 is 2.12 bits per heavy atom. The van der Waals surface area contributed by atoms with Gasteiger partial charge in [0, 0.05) is 25.6 Å². The van der Waals surface area contributed by atoms with Crippen LogP contribution in [0.15, 0.2) is 32.4 Å². The molecule has 0 aromatic carbocycles. The van der Waals surface area contributed by atoms with Gasteiger partial charge in [-0.25, -0.2) is 0 Å². The Kier molecular flexibility index (Phi) is 7.31. The molecule has 2 aromatic heterocycles. The van der Waals surface area contributed by atoms with Gasteiger partial charge in [0.25, 0.3) is 0 Å². The van der Waals surface area contributed by atoms with Crippen LogP contribution in [0.2, 0.25) is 0 Å². The fourth-order valence-corrected chi connectivity index (χ4v) is 3.41. The molecule has 2 aromatic rings. The number of guanidine groups is 1. The van der Waals surface area contributed by atoms with Gasteiger partial charge in [0.2, 0.25) is 0 Å². The van der Waals surface area contributed by atoms with Gasteiger partial charge in [0.15, 0.2) is 11.7 Å². The monoisotopic (exact) mass is 348 g/mol. The maximum Gasteiger partial charge on any atom is 0.191 e. The predicted octanol–water partition coefficient (Wildman–Crippen LogP) is 4.11. The van der Waals surface area contributed by atoms with E-state index in [1.807, 2.05) is 6.07 Å². The van der Waals surface area contributed by atoms with Gasteiger partial charge in [-0.1, -0.05) is 25.9 Å². The van der Waals surface area contributed by atoms with Gasteiger partial charge in [0.1, 0.15) is 0 Å². The van der Waals surface area contributed by atoms with Crippen LogP contribution < -0.4 is 10.6 Å². The molecule has 0 amide bonds. The number of aromatic nitrogens is 1. The molecule has 2 heterocycles. The highest BCUT2D eigenvalue weighted by atomic mass is 32.1. The molecule has 0 fully saturated rings. The van der Waals surface area contributed by atoms with E-state index in [4.69, 9.17) is 4.52 Å². The van der Waals surface area contributed by atoms with E-state index in [9.17, 15) is 0 Å². The first-order valence-electron chi connectivity index (χ1n) is 8.59. The molecule has 132 valence electrons. The molecule has 2 rings (SSSR count). The Morgan fingerprint density at radius 1 is 1.33 bits per heavy atom. The molecule has 0 bridgehead atoms. The normalized spacial score (nSPS) is 13.3. The minimum atomic E-state index is 0.446. The first-order chi connectivity index (χ1) is 11.7. The predicted molar refractivity (Wildman–Crippen MR) is 101 cm³/mol. The van der Waals surface area contributed by atoms with Crippen molar-refractivity contribution in [1.29, 1.82) is 0 Å². The summed E-state index contributed by atoms with van der Waals surface area (Å²) < 4.78 is 5.43. The van der Waals surface area contributed by atoms with Crippen molar-refractivity contribution < 1.29 is 4.52 Å². The third kappa shape index (κ3) is 5.09. The van der Waals surface area contributed by atoms with E-state index in [1.165, 1.54) is 5.56 Å². The maximum atomic E-state index is 5.43. The molecule has 0 aliphatic carbocycles. The molecular weight excluding hydrogens is 320 g/mol. The highest BCUT2D eigenvalue weighted by molar-refractivity contribution is 7.07. The van der Waals surface area contributed by atoms with E-state index >= 15 is 0 Å². The average molecular weight is 349 g/mol. The zero-order valence-corrected chi connectivity index (χ0v) is 15.8. The second-order valence-corrected chi connectivity index (χ2v) is 6.78. The number of thiophene rings is 1. The molecule has 0 radical (unpaired) electrons. The first kappa shape index (κ1) is 18.5. The number of rotatable bonds is 8. The first-order valence-corrected chi connectivity index (χ1v) is 9.54. The fourth-order valence-electron chi connectivity index (χ4n) is 2.63. The second kappa shape index (κ2) is 9.47. The number of hydrogen-bond donors (Lipinski definition) is 2. The standard InChI is InChI=1S/C18H28N4OS/c1-5-14(6-2)17-9-16(23-22-17)11-21-18(19-4)20-10-13(3)15-7-8-24-12-15/h7-9,12-14H,5-6,10-11H2,1-4H3,(H2,19,20,21). The Bertz CT molecular complexity index is 617. The van der Waals surface area contributed by atoms with Gasteiger partial charge in [-0.15, -0.1) is 0 Å². The van der Waals surface area contributed by atoms with Gasteiger partial charge in [0.05, 0.1) is 12.2 Å². The molecule has 0 spiro atoms. The van der Waals surface area contributed by atoms with Crippen molar-refractivity contribution in [3.63, 3.8) is 0 Å². The molecule has 2 N–H and O–H groups in total. The lowest BCUT2D eigenvalue weighted by Gasteiger charge is -2.14. The van der Waals surface area contributed by atoms with Crippen molar-refractivity contribution in [2.24, 2.45) is 4.99 Å². The summed E-state index contributed by atoms with van der Waals surface area (Å²) in [6.07, 6.45) is 2.17. The Balaban J connectivity index is 1.81. The highest BCUT2D eigenvalue weighted by Gasteiger charge is 2.13. The zero-order chi connectivity index (χ0) is 17.4. The Labute approximate surface area is 148 Å². The van der Waals surface area contributed by atoms with Crippen LogP contribution in [0.1, 0.15) is 62.5 Å². The van der Waals surface area contributed by atoms with E-state index in [0.717, 1.165) is 36.8 Å². The quantitative estimate of drug-likeness (QED) is 0.557. The fraction of sp³-hybridized carbons (Fsp3) is 0.556. The number of nitrogens with one attached hydrogen (secondary N) is 2. The average Bonchev–Trinajstić information content (AvgIpc) is 3.28. The van der Waals surface area contributed by atoms with Crippen molar-refractivity contribution in [2.75, 3.05) is 13.6 Å². The summed E-state index contributed by atoms with van der Waals surface area (Å²) >= 11 is 1.73. The van der Waals surface area contributed by atoms with Crippen molar-refractivity contribution in [3.05, 3.63) is 39.9 Å². The van der Waals surface area contributed by atoms with Crippen LogP contribution in [0.4, 0.5) is 0 Å². The lowest BCUT2D eigenvalue weighted by atomic mass is 9.99. The van der Waals surface area contributed by atoms with Crippen molar-refractivity contribution >= 4 is 17.3 Å². The largest absolute Gasteiger partial charge is 0.359 e. The van der Waals surface area contributed by atoms with E-state index in [1.54, 1.807) is 18.4 Å². The molecule has 1 unspecified atom stereocenters. The number of nitrogens with zero attached hydrogens (tertiary/aromatic N) is 2. The smallest absolute Gasteiger partial charge is 0.191 e. The third-order valence-corrected chi connectivity index (χ3v) is 5.02. The van der Waals surface area contributed by atoms with Crippen LogP contribution in [0.5, 0.6) is 0 Å². The summed E-state index contributed by atoms with van der Waals surface area (Å²) in [5, 5.41) is 15.1. The lowest BCUT2D eigenvalue weighted by molar-refractivity contribution is 0.368. The van der Waals surface area contributed by atoms with Crippen LogP contribution in [0.3, 0.4) is 0 Å². The van der Waals surface area contributed by atoms with E-state index in [2.05, 4.69) is 58.4 Å².